The van der Waals surface area contributed by atoms with Crippen molar-refractivity contribution in [2.24, 2.45) is 11.8 Å². The van der Waals surface area contributed by atoms with Gasteiger partial charge in [-0.25, -0.2) is 4.90 Å². The van der Waals surface area contributed by atoms with Crippen molar-refractivity contribution in [3.63, 3.8) is 0 Å². The minimum absolute atomic E-state index is 0.257. The van der Waals surface area contributed by atoms with Gasteiger partial charge in [0.05, 0.1) is 34.3 Å². The first-order valence-electron chi connectivity index (χ1n) is 6.62. The summed E-state index contributed by atoms with van der Waals surface area (Å²) in [5.74, 6) is -1.46. The highest BCUT2D eigenvalue weighted by Gasteiger charge is 2.66. The molecular formula is C15H11Cl2NO3. The molecule has 3 aliphatic heterocycles. The van der Waals surface area contributed by atoms with Crippen molar-refractivity contribution < 1.29 is 14.3 Å². The van der Waals surface area contributed by atoms with Gasteiger partial charge in [0, 0.05) is 5.02 Å². The third-order valence-electron chi connectivity index (χ3n) is 4.48. The summed E-state index contributed by atoms with van der Waals surface area (Å²) in [6.45, 7) is 1.84. The maximum absolute atomic E-state index is 12.7. The monoisotopic (exact) mass is 323 g/mol. The van der Waals surface area contributed by atoms with Crippen LogP contribution < -0.4 is 4.90 Å². The third-order valence-corrected chi connectivity index (χ3v) is 5.02. The molecule has 108 valence electrons. The molecule has 3 aliphatic rings. The van der Waals surface area contributed by atoms with Gasteiger partial charge in [-0.3, -0.25) is 9.59 Å². The van der Waals surface area contributed by atoms with Gasteiger partial charge in [-0.1, -0.05) is 35.4 Å². The molecule has 6 heteroatoms. The zero-order chi connectivity index (χ0) is 14.9. The van der Waals surface area contributed by atoms with E-state index in [-0.39, 0.29) is 22.9 Å². The Bertz CT molecular complexity index is 717. The molecule has 0 aliphatic carbocycles. The van der Waals surface area contributed by atoms with Gasteiger partial charge in [0.25, 0.3) is 0 Å². The molecule has 2 bridgehead atoms. The molecule has 1 aromatic rings. The fourth-order valence-corrected chi connectivity index (χ4v) is 4.05. The average Bonchev–Trinajstić information content (AvgIpc) is 3.01. The van der Waals surface area contributed by atoms with Crippen LogP contribution in [0.5, 0.6) is 0 Å². The van der Waals surface area contributed by atoms with Gasteiger partial charge >= 0.3 is 0 Å². The maximum Gasteiger partial charge on any atom is 0.241 e. The van der Waals surface area contributed by atoms with E-state index in [2.05, 4.69) is 0 Å². The lowest BCUT2D eigenvalue weighted by Crippen LogP contribution is -2.38. The lowest BCUT2D eigenvalue weighted by Gasteiger charge is -2.24. The Morgan fingerprint density at radius 2 is 2.00 bits per heavy atom. The zero-order valence-corrected chi connectivity index (χ0v) is 12.6. The van der Waals surface area contributed by atoms with Crippen molar-refractivity contribution in [1.82, 2.24) is 0 Å². The van der Waals surface area contributed by atoms with Gasteiger partial charge in [0.2, 0.25) is 11.8 Å². The molecule has 0 unspecified atom stereocenters. The van der Waals surface area contributed by atoms with Gasteiger partial charge in [0.1, 0.15) is 0 Å². The Balaban J connectivity index is 1.80. The predicted molar refractivity (Wildman–Crippen MR) is 78.4 cm³/mol. The number of amides is 2. The Hall–Kier alpha value is -1.36. The first-order chi connectivity index (χ1) is 9.92. The van der Waals surface area contributed by atoms with E-state index in [1.807, 2.05) is 19.1 Å². The summed E-state index contributed by atoms with van der Waals surface area (Å²) in [6.07, 6.45) is 3.41. The van der Waals surface area contributed by atoms with E-state index in [1.54, 1.807) is 12.1 Å². The zero-order valence-electron chi connectivity index (χ0n) is 11.0. The number of hydrogen-bond acceptors (Lipinski definition) is 3. The average molecular weight is 324 g/mol. The van der Waals surface area contributed by atoms with E-state index in [0.717, 1.165) is 0 Å². The summed E-state index contributed by atoms with van der Waals surface area (Å²) in [6, 6.07) is 4.74. The van der Waals surface area contributed by atoms with Crippen molar-refractivity contribution >= 4 is 40.7 Å². The molecule has 21 heavy (non-hydrogen) atoms. The van der Waals surface area contributed by atoms with Crippen LogP contribution in [0.3, 0.4) is 0 Å². The van der Waals surface area contributed by atoms with E-state index in [4.69, 9.17) is 27.9 Å². The highest BCUT2D eigenvalue weighted by molar-refractivity contribution is 6.38. The van der Waals surface area contributed by atoms with Crippen LogP contribution in [0.1, 0.15) is 6.92 Å². The number of carbonyl (C=O) groups is 2. The van der Waals surface area contributed by atoms with Crippen LogP contribution >= 0.6 is 23.2 Å². The first-order valence-corrected chi connectivity index (χ1v) is 7.38. The molecule has 1 aromatic carbocycles. The molecule has 0 radical (unpaired) electrons. The molecule has 0 N–H and O–H groups in total. The number of halogens is 2. The number of benzene rings is 1. The molecule has 2 saturated heterocycles. The SMILES string of the molecule is C[C@@]12C=C[C@@H](O1)[C@H]1C(=O)N(c3ccc(Cl)cc3Cl)C(=O)[C@H]12. The smallest absolute Gasteiger partial charge is 0.241 e. The highest BCUT2D eigenvalue weighted by Crippen LogP contribution is 2.52. The summed E-state index contributed by atoms with van der Waals surface area (Å²) in [5, 5.41) is 0.746. The quantitative estimate of drug-likeness (QED) is 0.589. The van der Waals surface area contributed by atoms with Crippen LogP contribution in [0, 0.1) is 11.8 Å². The number of hydrogen-bond donors (Lipinski definition) is 0. The Morgan fingerprint density at radius 1 is 1.24 bits per heavy atom. The van der Waals surface area contributed by atoms with E-state index < -0.39 is 17.4 Å². The van der Waals surface area contributed by atoms with Crippen LogP contribution in [0.25, 0.3) is 0 Å². The van der Waals surface area contributed by atoms with E-state index in [1.165, 1.54) is 11.0 Å². The lowest BCUT2D eigenvalue weighted by atomic mass is 9.78. The Kier molecular flexibility index (Phi) is 2.60. The van der Waals surface area contributed by atoms with Crippen molar-refractivity contribution in [3.05, 3.63) is 40.4 Å². The second-order valence-electron chi connectivity index (χ2n) is 5.74. The van der Waals surface area contributed by atoms with Gasteiger partial charge in [-0.2, -0.15) is 0 Å². The number of anilines is 1. The lowest BCUT2D eigenvalue weighted by molar-refractivity contribution is -0.126. The van der Waals surface area contributed by atoms with Crippen LogP contribution in [0.4, 0.5) is 5.69 Å². The second-order valence-corrected chi connectivity index (χ2v) is 6.58. The van der Waals surface area contributed by atoms with E-state index >= 15 is 0 Å². The first kappa shape index (κ1) is 13.3. The van der Waals surface area contributed by atoms with Gasteiger partial charge in [-0.05, 0) is 25.1 Å². The molecular weight excluding hydrogens is 313 g/mol. The minimum Gasteiger partial charge on any atom is -0.362 e. The molecule has 2 amide bonds. The number of ether oxygens (including phenoxy) is 1. The maximum atomic E-state index is 12.7. The van der Waals surface area contributed by atoms with Crippen molar-refractivity contribution in [2.75, 3.05) is 4.90 Å². The number of nitrogens with zero attached hydrogens (tertiary/aromatic N) is 1. The normalized spacial score (nSPS) is 36.7. The number of fused-ring (bicyclic) bond motifs is 5. The van der Waals surface area contributed by atoms with Crippen molar-refractivity contribution in [2.45, 2.75) is 18.6 Å². The van der Waals surface area contributed by atoms with Gasteiger partial charge in [-0.15, -0.1) is 0 Å². The van der Waals surface area contributed by atoms with E-state index in [9.17, 15) is 9.59 Å². The summed E-state index contributed by atoms with van der Waals surface area (Å²) in [4.78, 5) is 26.6. The Morgan fingerprint density at radius 3 is 2.67 bits per heavy atom. The number of imide groups is 1. The predicted octanol–water partition coefficient (Wildman–Crippen LogP) is 2.83. The van der Waals surface area contributed by atoms with Crippen LogP contribution in [0.15, 0.2) is 30.4 Å². The van der Waals surface area contributed by atoms with Crippen LogP contribution in [-0.2, 0) is 14.3 Å². The molecule has 2 fully saturated rings. The standard InChI is InChI=1S/C15H11Cl2NO3/c1-15-5-4-10(21-15)11-12(15)14(20)18(13(11)19)9-3-2-7(16)6-8(9)17/h2-6,10-12H,1H3/t10-,11-,12+,15+/m1/s1. The fourth-order valence-electron chi connectivity index (χ4n) is 3.55. The van der Waals surface area contributed by atoms with Crippen molar-refractivity contribution in [3.8, 4) is 0 Å². The molecule has 0 aromatic heterocycles. The second kappa shape index (κ2) is 4.09. The summed E-state index contributed by atoms with van der Waals surface area (Å²) >= 11 is 12.0. The molecule has 4 nitrogen and oxygen atoms in total. The molecule has 3 heterocycles. The summed E-state index contributed by atoms with van der Waals surface area (Å²) < 4.78 is 5.77. The summed E-state index contributed by atoms with van der Waals surface area (Å²) in [7, 11) is 0. The molecule has 0 spiro atoms. The number of rotatable bonds is 1. The summed E-state index contributed by atoms with van der Waals surface area (Å²) in [5.41, 5.74) is -0.316. The molecule has 4 rings (SSSR count). The van der Waals surface area contributed by atoms with Gasteiger partial charge < -0.3 is 4.74 Å². The largest absolute Gasteiger partial charge is 0.362 e. The fraction of sp³-hybridized carbons (Fsp3) is 0.333. The topological polar surface area (TPSA) is 46.6 Å². The third kappa shape index (κ3) is 1.61. The van der Waals surface area contributed by atoms with Crippen LogP contribution in [-0.4, -0.2) is 23.5 Å². The molecule has 0 saturated carbocycles. The van der Waals surface area contributed by atoms with E-state index in [0.29, 0.717) is 10.7 Å². The van der Waals surface area contributed by atoms with Crippen molar-refractivity contribution in [1.29, 1.82) is 0 Å². The number of carbonyl (C=O) groups excluding carboxylic acids is 2. The minimum atomic E-state index is -0.699. The van der Waals surface area contributed by atoms with Crippen LogP contribution in [0.2, 0.25) is 10.0 Å². The molecule has 4 atom stereocenters. The van der Waals surface area contributed by atoms with Gasteiger partial charge in [0.15, 0.2) is 0 Å². The Labute approximate surface area is 131 Å². The highest BCUT2D eigenvalue weighted by atomic mass is 35.5.